The number of hydrogen-bond donors (Lipinski definition) is 0. The van der Waals surface area contributed by atoms with Gasteiger partial charge in [0.25, 0.3) is 0 Å². The fourth-order valence-corrected chi connectivity index (χ4v) is 5.94. The Balaban J connectivity index is 1.88. The fraction of sp³-hybridized carbons (Fsp3) is 0.350. The smallest absolute Gasteiger partial charge is 0.360 e. The first kappa shape index (κ1) is 18.7. The van der Waals surface area contributed by atoms with Crippen LogP contribution >= 0.6 is 34.7 Å². The molecule has 0 saturated carbocycles. The minimum Gasteiger partial charge on any atom is -0.461 e. The van der Waals surface area contributed by atoms with Gasteiger partial charge in [0.05, 0.1) is 17.0 Å². The van der Waals surface area contributed by atoms with Crippen LogP contribution < -0.4 is 0 Å². The second-order valence-corrected chi connectivity index (χ2v) is 9.46. The lowest BCUT2D eigenvalue weighted by atomic mass is 9.96. The van der Waals surface area contributed by atoms with Crippen LogP contribution in [0.25, 0.3) is 20.5 Å². The highest BCUT2D eigenvalue weighted by Crippen LogP contribution is 2.44. The molecule has 1 aromatic carbocycles. The third-order valence-corrected chi connectivity index (χ3v) is 7.57. The van der Waals surface area contributed by atoms with Crippen molar-refractivity contribution in [2.24, 2.45) is 0 Å². The van der Waals surface area contributed by atoms with Gasteiger partial charge in [-0.25, -0.2) is 4.79 Å². The lowest BCUT2D eigenvalue weighted by Crippen LogP contribution is -2.13. The quantitative estimate of drug-likeness (QED) is 0.501. The first-order chi connectivity index (χ1) is 13.1. The van der Waals surface area contributed by atoms with Gasteiger partial charge in [-0.1, -0.05) is 30.7 Å². The average molecular weight is 419 g/mol. The van der Waals surface area contributed by atoms with E-state index in [0.717, 1.165) is 38.4 Å². The van der Waals surface area contributed by atoms with Crippen molar-refractivity contribution in [2.75, 3.05) is 12.4 Å². The van der Waals surface area contributed by atoms with Gasteiger partial charge in [-0.15, -0.1) is 16.4 Å². The van der Waals surface area contributed by atoms with E-state index in [-0.39, 0.29) is 0 Å². The monoisotopic (exact) mass is 418 g/mol. The topological polar surface area (TPSA) is 52.1 Å². The SMILES string of the molecule is CCOC(=O)c1nnc(C2CCSC2C)c2cc(-c3ccc(Cl)cc3)sc12. The molecule has 27 heavy (non-hydrogen) atoms. The van der Waals surface area contributed by atoms with Gasteiger partial charge in [0, 0.05) is 26.5 Å². The maximum Gasteiger partial charge on any atom is 0.360 e. The maximum atomic E-state index is 12.4. The number of esters is 1. The predicted octanol–water partition coefficient (Wildman–Crippen LogP) is 5.80. The number of aromatic nitrogens is 2. The summed E-state index contributed by atoms with van der Waals surface area (Å²) in [5, 5.41) is 11.0. The van der Waals surface area contributed by atoms with E-state index in [1.165, 1.54) is 0 Å². The first-order valence-electron chi connectivity index (χ1n) is 8.93. The highest BCUT2D eigenvalue weighted by molar-refractivity contribution is 8.00. The van der Waals surface area contributed by atoms with Crippen LogP contribution in [0.3, 0.4) is 0 Å². The largest absolute Gasteiger partial charge is 0.461 e. The molecule has 0 radical (unpaired) electrons. The van der Waals surface area contributed by atoms with E-state index in [4.69, 9.17) is 16.3 Å². The normalized spacial score (nSPS) is 19.5. The standard InChI is InChI=1S/C20H19ClN2O2S2/c1-3-25-20(24)18-19-15(17(22-23-18)14-8-9-26-11(14)2)10-16(27-19)12-4-6-13(21)7-5-12/h4-7,10-11,14H,3,8-9H2,1-2H3. The number of nitrogens with zero attached hydrogens (tertiary/aromatic N) is 2. The molecule has 1 aliphatic rings. The van der Waals surface area contributed by atoms with Crippen LogP contribution in [0.5, 0.6) is 0 Å². The fourth-order valence-electron chi connectivity index (χ4n) is 3.41. The molecule has 4 rings (SSSR count). The summed E-state index contributed by atoms with van der Waals surface area (Å²) >= 11 is 9.55. The van der Waals surface area contributed by atoms with Crippen molar-refractivity contribution in [1.82, 2.24) is 10.2 Å². The summed E-state index contributed by atoms with van der Waals surface area (Å²) in [6.45, 7) is 4.35. The molecule has 3 heterocycles. The van der Waals surface area contributed by atoms with Crippen molar-refractivity contribution in [2.45, 2.75) is 31.4 Å². The summed E-state index contributed by atoms with van der Waals surface area (Å²) < 4.78 is 6.05. The van der Waals surface area contributed by atoms with E-state index in [9.17, 15) is 4.79 Å². The van der Waals surface area contributed by atoms with E-state index in [1.807, 2.05) is 36.0 Å². The first-order valence-corrected chi connectivity index (χ1v) is 11.2. The predicted molar refractivity (Wildman–Crippen MR) is 113 cm³/mol. The van der Waals surface area contributed by atoms with Crippen LogP contribution in [0, 0.1) is 0 Å². The Kier molecular flexibility index (Phi) is 5.39. The molecular weight excluding hydrogens is 400 g/mol. The van der Waals surface area contributed by atoms with Crippen LogP contribution in [0.2, 0.25) is 5.02 Å². The van der Waals surface area contributed by atoms with Crippen molar-refractivity contribution < 1.29 is 9.53 Å². The molecule has 1 saturated heterocycles. The van der Waals surface area contributed by atoms with E-state index in [2.05, 4.69) is 23.2 Å². The zero-order valence-corrected chi connectivity index (χ0v) is 17.5. The minimum atomic E-state index is -0.417. The number of halogens is 1. The Bertz CT molecular complexity index is 988. The second-order valence-electron chi connectivity index (χ2n) is 6.49. The summed E-state index contributed by atoms with van der Waals surface area (Å²) in [5.41, 5.74) is 2.36. The summed E-state index contributed by atoms with van der Waals surface area (Å²) in [6, 6.07) is 9.87. The van der Waals surface area contributed by atoms with Crippen molar-refractivity contribution in [3.05, 3.63) is 46.7 Å². The molecule has 2 aromatic heterocycles. The minimum absolute atomic E-state index is 0.305. The van der Waals surface area contributed by atoms with Crippen LogP contribution in [-0.2, 0) is 4.74 Å². The molecule has 2 atom stereocenters. The highest BCUT2D eigenvalue weighted by Gasteiger charge is 2.31. The van der Waals surface area contributed by atoms with E-state index >= 15 is 0 Å². The summed E-state index contributed by atoms with van der Waals surface area (Å²) in [5.74, 6) is 1.07. The molecule has 0 amide bonds. The summed E-state index contributed by atoms with van der Waals surface area (Å²) in [6.07, 6.45) is 1.08. The maximum absolute atomic E-state index is 12.4. The number of carbonyl (C=O) groups is 1. The molecule has 0 N–H and O–H groups in total. The van der Waals surface area contributed by atoms with Crippen LogP contribution in [0.15, 0.2) is 30.3 Å². The van der Waals surface area contributed by atoms with E-state index in [1.54, 1.807) is 18.3 Å². The number of carbonyl (C=O) groups excluding carboxylic acids is 1. The molecule has 7 heteroatoms. The van der Waals surface area contributed by atoms with Crippen LogP contribution in [-0.4, -0.2) is 33.8 Å². The number of thiophene rings is 1. The lowest BCUT2D eigenvalue weighted by molar-refractivity contribution is 0.0521. The van der Waals surface area contributed by atoms with E-state index in [0.29, 0.717) is 28.5 Å². The van der Waals surface area contributed by atoms with Gasteiger partial charge < -0.3 is 4.74 Å². The number of fused-ring (bicyclic) bond motifs is 1. The number of benzene rings is 1. The molecule has 0 spiro atoms. The van der Waals surface area contributed by atoms with Gasteiger partial charge in [-0.3, -0.25) is 0 Å². The molecule has 0 aliphatic carbocycles. The van der Waals surface area contributed by atoms with Crippen molar-refractivity contribution in [3.8, 4) is 10.4 Å². The number of hydrogen-bond acceptors (Lipinski definition) is 6. The zero-order chi connectivity index (χ0) is 19.0. The zero-order valence-electron chi connectivity index (χ0n) is 15.1. The molecule has 2 unspecified atom stereocenters. The van der Waals surface area contributed by atoms with Crippen molar-refractivity contribution >= 4 is 50.8 Å². The Morgan fingerprint density at radius 2 is 2.07 bits per heavy atom. The Hall–Kier alpha value is -1.63. The van der Waals surface area contributed by atoms with Crippen molar-refractivity contribution in [3.63, 3.8) is 0 Å². The number of rotatable bonds is 4. The third kappa shape index (κ3) is 3.58. The summed E-state index contributed by atoms with van der Waals surface area (Å²) in [7, 11) is 0. The third-order valence-electron chi connectivity index (χ3n) is 4.81. The van der Waals surface area contributed by atoms with Gasteiger partial charge in [0.2, 0.25) is 0 Å². The van der Waals surface area contributed by atoms with Gasteiger partial charge in [0.1, 0.15) is 0 Å². The van der Waals surface area contributed by atoms with Crippen molar-refractivity contribution in [1.29, 1.82) is 0 Å². The van der Waals surface area contributed by atoms with Gasteiger partial charge in [0.15, 0.2) is 5.69 Å². The molecule has 1 aliphatic heterocycles. The molecule has 1 fully saturated rings. The van der Waals surface area contributed by atoms with Crippen LogP contribution in [0.4, 0.5) is 0 Å². The highest BCUT2D eigenvalue weighted by atomic mass is 35.5. The molecule has 140 valence electrons. The number of thioether (sulfide) groups is 1. The van der Waals surface area contributed by atoms with E-state index < -0.39 is 5.97 Å². The number of ether oxygens (including phenoxy) is 1. The summed E-state index contributed by atoms with van der Waals surface area (Å²) in [4.78, 5) is 13.5. The Morgan fingerprint density at radius 1 is 1.30 bits per heavy atom. The van der Waals surface area contributed by atoms with Gasteiger partial charge in [-0.05, 0) is 42.9 Å². The average Bonchev–Trinajstić information content (AvgIpc) is 3.28. The molecular formula is C20H19ClN2O2S2. The second kappa shape index (κ2) is 7.78. The molecule has 3 aromatic rings. The van der Waals surface area contributed by atoms with Crippen LogP contribution in [0.1, 0.15) is 42.4 Å². The molecule has 4 nitrogen and oxygen atoms in total. The Labute approximate surface area is 171 Å². The van der Waals surface area contributed by atoms with Gasteiger partial charge in [-0.2, -0.15) is 16.9 Å². The van der Waals surface area contributed by atoms with Gasteiger partial charge >= 0.3 is 5.97 Å². The lowest BCUT2D eigenvalue weighted by Gasteiger charge is -2.14. The Morgan fingerprint density at radius 3 is 2.74 bits per heavy atom. The molecule has 0 bridgehead atoms.